The van der Waals surface area contributed by atoms with Gasteiger partial charge in [0.05, 0.1) is 6.10 Å². The molecule has 0 saturated heterocycles. The number of unbranched alkanes of at least 4 members (excludes halogenated alkanes) is 14. The summed E-state index contributed by atoms with van der Waals surface area (Å²) in [5.41, 5.74) is 0. The molecule has 24 heavy (non-hydrogen) atoms. The molecule has 0 aromatic heterocycles. The molecule has 0 aromatic carbocycles. The number of rotatable bonds is 19. The Kier molecular flexibility index (Phi) is 19.9. The van der Waals surface area contributed by atoms with Crippen LogP contribution in [0.4, 0.5) is 0 Å². The minimum Gasteiger partial charge on any atom is -0.328 e. The lowest BCUT2D eigenvalue weighted by Gasteiger charge is -2.15. The van der Waals surface area contributed by atoms with Crippen LogP contribution in [0.1, 0.15) is 123 Å². The van der Waals surface area contributed by atoms with Crippen molar-refractivity contribution in [2.45, 2.75) is 129 Å². The van der Waals surface area contributed by atoms with Crippen molar-refractivity contribution in [3.8, 4) is 0 Å². The van der Waals surface area contributed by atoms with Gasteiger partial charge in [0.2, 0.25) is 0 Å². The molecule has 3 nitrogen and oxygen atoms in total. The summed E-state index contributed by atoms with van der Waals surface area (Å²) in [5.74, 6) is 0. The van der Waals surface area contributed by atoms with E-state index in [2.05, 4.69) is 6.92 Å². The Morgan fingerprint density at radius 1 is 0.625 bits per heavy atom. The predicted octanol–water partition coefficient (Wildman–Crippen LogP) is 7.25. The lowest BCUT2D eigenvalue weighted by Crippen LogP contribution is -2.08. The summed E-state index contributed by atoms with van der Waals surface area (Å²) in [6, 6.07) is 0. The minimum absolute atomic E-state index is 0.0214. The van der Waals surface area contributed by atoms with E-state index in [1.165, 1.54) is 89.9 Å². The van der Waals surface area contributed by atoms with Crippen LogP contribution in [0.3, 0.4) is 0 Å². The van der Waals surface area contributed by atoms with Crippen LogP contribution < -0.4 is 0 Å². The number of hydrogen-bond donors (Lipinski definition) is 2. The molecule has 0 aliphatic rings. The topological polar surface area (TPSA) is 49.7 Å². The first kappa shape index (κ1) is 24.3. The van der Waals surface area contributed by atoms with Crippen molar-refractivity contribution in [3.05, 3.63) is 0 Å². The van der Waals surface area contributed by atoms with Gasteiger partial charge in [-0.25, -0.2) is 0 Å². The van der Waals surface area contributed by atoms with Gasteiger partial charge in [-0.1, -0.05) is 110 Å². The second-order valence-corrected chi connectivity index (χ2v) is 7.84. The van der Waals surface area contributed by atoms with Crippen molar-refractivity contribution in [1.82, 2.24) is 0 Å². The quantitative estimate of drug-likeness (QED) is 0.188. The Balaban J connectivity index is 3.14. The smallest absolute Gasteiger partial charge is 0.327 e. The lowest BCUT2D eigenvalue weighted by molar-refractivity contribution is 0.155. The second-order valence-electron chi connectivity index (χ2n) is 7.13. The minimum atomic E-state index is -2.19. The molecule has 0 radical (unpaired) electrons. The summed E-state index contributed by atoms with van der Waals surface area (Å²) >= 11 is 0. The molecule has 1 atom stereocenters. The second kappa shape index (κ2) is 19.6. The van der Waals surface area contributed by atoms with E-state index < -0.39 is 8.60 Å². The normalized spacial score (nSPS) is 12.9. The highest BCUT2D eigenvalue weighted by molar-refractivity contribution is 7.39. The molecule has 1 unspecified atom stereocenters. The third-order valence-corrected chi connectivity index (χ3v) is 5.32. The summed E-state index contributed by atoms with van der Waals surface area (Å²) in [7, 11) is -2.19. The van der Waals surface area contributed by atoms with Crippen LogP contribution in [-0.4, -0.2) is 15.9 Å². The van der Waals surface area contributed by atoms with Crippen molar-refractivity contribution in [3.63, 3.8) is 0 Å². The SMILES string of the molecule is CCCCCCCCCCCCCCCCCC(CC)OP(O)O. The summed E-state index contributed by atoms with van der Waals surface area (Å²) in [4.78, 5) is 17.8. The molecule has 0 aliphatic heterocycles. The molecule has 0 spiro atoms. The maximum absolute atomic E-state index is 8.88. The average Bonchev–Trinajstić information content (AvgIpc) is 2.56. The molecule has 0 amide bonds. The predicted molar refractivity (Wildman–Crippen MR) is 106 cm³/mol. The molecule has 0 fully saturated rings. The summed E-state index contributed by atoms with van der Waals surface area (Å²) < 4.78 is 5.09. The molecule has 2 N–H and O–H groups in total. The van der Waals surface area contributed by atoms with Crippen LogP contribution in [0.25, 0.3) is 0 Å². The van der Waals surface area contributed by atoms with E-state index in [1.54, 1.807) is 0 Å². The van der Waals surface area contributed by atoms with Gasteiger partial charge in [0, 0.05) is 0 Å². The van der Waals surface area contributed by atoms with Crippen LogP contribution in [0.2, 0.25) is 0 Å². The van der Waals surface area contributed by atoms with E-state index in [4.69, 9.17) is 14.3 Å². The Labute approximate surface area is 152 Å². The average molecular weight is 363 g/mol. The van der Waals surface area contributed by atoms with Crippen LogP contribution in [-0.2, 0) is 4.52 Å². The van der Waals surface area contributed by atoms with E-state index in [0.29, 0.717) is 0 Å². The van der Waals surface area contributed by atoms with Gasteiger partial charge in [-0.05, 0) is 12.8 Å². The van der Waals surface area contributed by atoms with E-state index in [9.17, 15) is 0 Å². The van der Waals surface area contributed by atoms with Gasteiger partial charge in [0.25, 0.3) is 0 Å². The van der Waals surface area contributed by atoms with Gasteiger partial charge in [0.15, 0.2) is 0 Å². The van der Waals surface area contributed by atoms with Gasteiger partial charge < -0.3 is 14.3 Å². The van der Waals surface area contributed by atoms with Crippen LogP contribution >= 0.6 is 8.60 Å². The highest BCUT2D eigenvalue weighted by Gasteiger charge is 2.11. The van der Waals surface area contributed by atoms with Crippen molar-refractivity contribution in [2.75, 3.05) is 0 Å². The summed E-state index contributed by atoms with van der Waals surface area (Å²) in [6.07, 6.45) is 22.4. The molecule has 4 heteroatoms. The Morgan fingerprint density at radius 2 is 1.00 bits per heavy atom. The monoisotopic (exact) mass is 362 g/mol. The van der Waals surface area contributed by atoms with Crippen molar-refractivity contribution < 1.29 is 14.3 Å². The molecule has 0 saturated carbocycles. The zero-order chi connectivity index (χ0) is 17.9. The first-order valence-electron chi connectivity index (χ1n) is 10.5. The zero-order valence-electron chi connectivity index (χ0n) is 16.3. The highest BCUT2D eigenvalue weighted by atomic mass is 31.2. The molecule has 0 rings (SSSR count). The molecule has 0 aliphatic carbocycles. The van der Waals surface area contributed by atoms with E-state index in [1.807, 2.05) is 6.92 Å². The molecule has 0 bridgehead atoms. The van der Waals surface area contributed by atoms with Gasteiger partial charge in [-0.15, -0.1) is 0 Å². The first-order chi connectivity index (χ1) is 11.7. The van der Waals surface area contributed by atoms with E-state index in [0.717, 1.165) is 19.3 Å². The van der Waals surface area contributed by atoms with E-state index in [-0.39, 0.29) is 6.10 Å². The third-order valence-electron chi connectivity index (χ3n) is 4.83. The van der Waals surface area contributed by atoms with Crippen LogP contribution in [0, 0.1) is 0 Å². The maximum Gasteiger partial charge on any atom is 0.327 e. The fraction of sp³-hybridized carbons (Fsp3) is 1.00. The summed E-state index contributed by atoms with van der Waals surface area (Å²) in [5, 5.41) is 0. The molecule has 0 aromatic rings. The van der Waals surface area contributed by atoms with E-state index >= 15 is 0 Å². The van der Waals surface area contributed by atoms with Crippen molar-refractivity contribution in [2.24, 2.45) is 0 Å². The fourth-order valence-corrected chi connectivity index (χ4v) is 3.73. The highest BCUT2D eigenvalue weighted by Crippen LogP contribution is 2.30. The summed E-state index contributed by atoms with van der Waals surface area (Å²) in [6.45, 7) is 4.31. The number of hydrogen-bond acceptors (Lipinski definition) is 3. The Morgan fingerprint density at radius 3 is 1.33 bits per heavy atom. The Hall–Kier alpha value is 0.310. The van der Waals surface area contributed by atoms with Crippen molar-refractivity contribution >= 4 is 8.60 Å². The molecule has 146 valence electrons. The molecular formula is C20H43O3P. The lowest BCUT2D eigenvalue weighted by atomic mass is 10.0. The Bertz CT molecular complexity index is 237. The fourth-order valence-electron chi connectivity index (χ4n) is 3.21. The van der Waals surface area contributed by atoms with Gasteiger partial charge in [-0.3, -0.25) is 0 Å². The zero-order valence-corrected chi connectivity index (χ0v) is 17.2. The van der Waals surface area contributed by atoms with Gasteiger partial charge in [-0.2, -0.15) is 0 Å². The molecular weight excluding hydrogens is 319 g/mol. The maximum atomic E-state index is 8.88. The van der Waals surface area contributed by atoms with Gasteiger partial charge in [0.1, 0.15) is 0 Å². The third kappa shape index (κ3) is 18.6. The molecule has 0 heterocycles. The van der Waals surface area contributed by atoms with Crippen LogP contribution in [0.5, 0.6) is 0 Å². The van der Waals surface area contributed by atoms with Gasteiger partial charge >= 0.3 is 8.60 Å². The first-order valence-corrected chi connectivity index (χ1v) is 11.7. The van der Waals surface area contributed by atoms with Crippen molar-refractivity contribution in [1.29, 1.82) is 0 Å². The standard InChI is InChI=1S/C20H43O3P/c1-3-5-6-7-8-9-10-11-12-13-14-15-16-17-18-19-20(4-2)23-24(21)22/h20-22H,3-19H2,1-2H3. The van der Waals surface area contributed by atoms with Crippen LogP contribution in [0.15, 0.2) is 0 Å². The largest absolute Gasteiger partial charge is 0.328 e.